The van der Waals surface area contributed by atoms with E-state index in [0.717, 1.165) is 5.69 Å². The van der Waals surface area contributed by atoms with Crippen molar-refractivity contribution in [2.24, 2.45) is 0 Å². The molecule has 0 amide bonds. The molecule has 3 rings (SSSR count). The molecule has 0 saturated heterocycles. The summed E-state index contributed by atoms with van der Waals surface area (Å²) in [6, 6.07) is 12.6. The third kappa shape index (κ3) is 1.72. The molecular formula is C14H10N2O3. The fourth-order valence-corrected chi connectivity index (χ4v) is 2.05. The Kier molecular flexibility index (Phi) is 2.45. The van der Waals surface area contributed by atoms with Crippen molar-refractivity contribution in [3.8, 4) is 5.69 Å². The summed E-state index contributed by atoms with van der Waals surface area (Å²) in [6.07, 6.45) is 3.06. The van der Waals surface area contributed by atoms with Gasteiger partial charge in [-0.3, -0.25) is 14.0 Å². The lowest BCUT2D eigenvalue weighted by atomic mass is 10.2. The van der Waals surface area contributed by atoms with Gasteiger partial charge in [-0.15, -0.1) is 0 Å². The molecule has 3 aromatic rings. The van der Waals surface area contributed by atoms with Crippen LogP contribution in [0, 0.1) is 0 Å². The number of aromatic nitrogens is 2. The number of hydrogen-bond donors (Lipinski definition) is 1. The molecule has 0 aliphatic rings. The number of fused-ring (bicyclic) bond motifs is 1. The number of carboxylic acids is 1. The standard InChI is InChI=1S/C14H10N2O3/c17-13-11(14(18)19)9-16(10-5-2-1-3-6-10)15-8-4-7-12(13)15/h1-9H,(H,18,19). The summed E-state index contributed by atoms with van der Waals surface area (Å²) in [6.45, 7) is 0. The van der Waals surface area contributed by atoms with Crippen molar-refractivity contribution in [2.45, 2.75) is 0 Å². The van der Waals surface area contributed by atoms with Crippen LogP contribution in [-0.2, 0) is 0 Å². The SMILES string of the molecule is O=C(O)c1cn(-c2ccccc2)n2cccc2c1=O. The fourth-order valence-electron chi connectivity index (χ4n) is 2.05. The Morgan fingerprint density at radius 2 is 1.79 bits per heavy atom. The maximum atomic E-state index is 12.0. The fraction of sp³-hybridized carbons (Fsp3) is 0. The highest BCUT2D eigenvalue weighted by Gasteiger charge is 2.14. The van der Waals surface area contributed by atoms with Gasteiger partial charge in [-0.05, 0) is 24.3 Å². The Morgan fingerprint density at radius 3 is 2.47 bits per heavy atom. The second-order valence-corrected chi connectivity index (χ2v) is 4.10. The van der Waals surface area contributed by atoms with Gasteiger partial charge in [-0.1, -0.05) is 18.2 Å². The molecule has 2 heterocycles. The molecule has 0 radical (unpaired) electrons. The minimum Gasteiger partial charge on any atom is -0.477 e. The van der Waals surface area contributed by atoms with Crippen molar-refractivity contribution in [1.29, 1.82) is 0 Å². The summed E-state index contributed by atoms with van der Waals surface area (Å²) in [7, 11) is 0. The van der Waals surface area contributed by atoms with Crippen LogP contribution in [0.1, 0.15) is 10.4 Å². The Hall–Kier alpha value is -2.82. The van der Waals surface area contributed by atoms with Crippen LogP contribution in [-0.4, -0.2) is 20.3 Å². The largest absolute Gasteiger partial charge is 0.477 e. The highest BCUT2D eigenvalue weighted by Crippen LogP contribution is 2.10. The number of carbonyl (C=O) groups is 1. The van der Waals surface area contributed by atoms with Crippen molar-refractivity contribution in [3.63, 3.8) is 0 Å². The van der Waals surface area contributed by atoms with E-state index in [1.807, 2.05) is 30.3 Å². The summed E-state index contributed by atoms with van der Waals surface area (Å²) >= 11 is 0. The quantitative estimate of drug-likeness (QED) is 0.758. The summed E-state index contributed by atoms with van der Waals surface area (Å²) in [4.78, 5) is 23.1. The first-order chi connectivity index (χ1) is 9.18. The van der Waals surface area contributed by atoms with Crippen LogP contribution < -0.4 is 5.43 Å². The van der Waals surface area contributed by atoms with Gasteiger partial charge in [0, 0.05) is 12.4 Å². The zero-order valence-electron chi connectivity index (χ0n) is 9.85. The lowest BCUT2D eigenvalue weighted by Crippen LogP contribution is -2.21. The molecule has 0 saturated carbocycles. The minimum absolute atomic E-state index is 0.241. The molecule has 19 heavy (non-hydrogen) atoms. The first kappa shape index (κ1) is 11.3. The molecule has 1 aromatic carbocycles. The van der Waals surface area contributed by atoms with Gasteiger partial charge < -0.3 is 5.11 Å². The normalized spacial score (nSPS) is 10.7. The second kappa shape index (κ2) is 4.13. The first-order valence-corrected chi connectivity index (χ1v) is 5.70. The highest BCUT2D eigenvalue weighted by molar-refractivity contribution is 5.88. The van der Waals surface area contributed by atoms with E-state index in [1.165, 1.54) is 6.20 Å². The molecule has 2 aromatic heterocycles. The van der Waals surface area contributed by atoms with E-state index in [-0.39, 0.29) is 5.56 Å². The van der Waals surface area contributed by atoms with E-state index < -0.39 is 11.4 Å². The average molecular weight is 254 g/mol. The van der Waals surface area contributed by atoms with E-state index in [4.69, 9.17) is 5.11 Å². The lowest BCUT2D eigenvalue weighted by Gasteiger charge is -2.11. The average Bonchev–Trinajstić information content (AvgIpc) is 2.89. The smallest absolute Gasteiger partial charge is 0.341 e. The summed E-state index contributed by atoms with van der Waals surface area (Å²) in [5, 5.41) is 9.11. The molecule has 94 valence electrons. The maximum Gasteiger partial charge on any atom is 0.341 e. The van der Waals surface area contributed by atoms with Gasteiger partial charge in [0.1, 0.15) is 11.1 Å². The molecular weight excluding hydrogens is 244 g/mol. The number of hydrogen-bond acceptors (Lipinski definition) is 2. The van der Waals surface area contributed by atoms with Gasteiger partial charge in [-0.25, -0.2) is 4.79 Å². The summed E-state index contributed by atoms with van der Waals surface area (Å²) in [5.74, 6) is -1.22. The molecule has 0 aliphatic carbocycles. The van der Waals surface area contributed by atoms with Crippen molar-refractivity contribution < 1.29 is 9.90 Å². The molecule has 0 unspecified atom stereocenters. The molecule has 1 N–H and O–H groups in total. The zero-order chi connectivity index (χ0) is 13.4. The van der Waals surface area contributed by atoms with Crippen LogP contribution in [0.2, 0.25) is 0 Å². The van der Waals surface area contributed by atoms with E-state index in [0.29, 0.717) is 5.52 Å². The minimum atomic E-state index is -1.22. The number of carboxylic acid groups (broad SMARTS) is 1. The second-order valence-electron chi connectivity index (χ2n) is 4.10. The van der Waals surface area contributed by atoms with Crippen LogP contribution in [0.15, 0.2) is 59.7 Å². The number of benzene rings is 1. The van der Waals surface area contributed by atoms with Gasteiger partial charge in [0.15, 0.2) is 0 Å². The summed E-state index contributed by atoms with van der Waals surface area (Å²) in [5.41, 5.74) is 0.398. The molecule has 5 heteroatoms. The summed E-state index contributed by atoms with van der Waals surface area (Å²) < 4.78 is 3.27. The van der Waals surface area contributed by atoms with Gasteiger partial charge >= 0.3 is 5.97 Å². The monoisotopic (exact) mass is 254 g/mol. The van der Waals surface area contributed by atoms with Crippen LogP contribution in [0.3, 0.4) is 0 Å². The third-order valence-corrected chi connectivity index (χ3v) is 2.94. The van der Waals surface area contributed by atoms with Crippen molar-refractivity contribution in [1.82, 2.24) is 9.20 Å². The van der Waals surface area contributed by atoms with E-state index in [9.17, 15) is 9.59 Å². The van der Waals surface area contributed by atoms with Crippen molar-refractivity contribution in [2.75, 3.05) is 0 Å². The number of rotatable bonds is 2. The zero-order valence-corrected chi connectivity index (χ0v) is 9.85. The van der Waals surface area contributed by atoms with Gasteiger partial charge in [0.25, 0.3) is 0 Å². The molecule has 0 bridgehead atoms. The van der Waals surface area contributed by atoms with Crippen molar-refractivity contribution >= 4 is 11.5 Å². The number of para-hydroxylation sites is 1. The van der Waals surface area contributed by atoms with E-state index in [1.54, 1.807) is 27.5 Å². The van der Waals surface area contributed by atoms with Crippen LogP contribution in [0.5, 0.6) is 0 Å². The topological polar surface area (TPSA) is 63.7 Å². The van der Waals surface area contributed by atoms with E-state index >= 15 is 0 Å². The van der Waals surface area contributed by atoms with Crippen molar-refractivity contribution in [3.05, 3.63) is 70.6 Å². The van der Waals surface area contributed by atoms with Gasteiger partial charge in [0.05, 0.1) is 5.69 Å². The van der Waals surface area contributed by atoms with Crippen LogP contribution in [0.4, 0.5) is 0 Å². The Morgan fingerprint density at radius 1 is 1.05 bits per heavy atom. The molecule has 0 atom stereocenters. The molecule has 0 aliphatic heterocycles. The third-order valence-electron chi connectivity index (χ3n) is 2.94. The predicted molar refractivity (Wildman–Crippen MR) is 70.0 cm³/mol. The number of aromatic carboxylic acids is 1. The van der Waals surface area contributed by atoms with Gasteiger partial charge in [-0.2, -0.15) is 0 Å². The Labute approximate surface area is 107 Å². The molecule has 0 fully saturated rings. The Bertz CT molecular complexity index is 816. The first-order valence-electron chi connectivity index (χ1n) is 5.70. The lowest BCUT2D eigenvalue weighted by molar-refractivity contribution is 0.0694. The Balaban J connectivity index is 2.42. The molecule has 5 nitrogen and oxygen atoms in total. The van der Waals surface area contributed by atoms with Crippen LogP contribution >= 0.6 is 0 Å². The van der Waals surface area contributed by atoms with E-state index in [2.05, 4.69) is 0 Å². The molecule has 0 spiro atoms. The van der Waals surface area contributed by atoms with Crippen LogP contribution in [0.25, 0.3) is 11.2 Å². The van der Waals surface area contributed by atoms with Gasteiger partial charge in [0.2, 0.25) is 5.43 Å². The number of nitrogens with zero attached hydrogens (tertiary/aromatic N) is 2. The highest BCUT2D eigenvalue weighted by atomic mass is 16.4. The maximum absolute atomic E-state index is 12.0. The predicted octanol–water partition coefficient (Wildman–Crippen LogP) is 1.79.